The lowest BCUT2D eigenvalue weighted by Gasteiger charge is -2.48. The van der Waals surface area contributed by atoms with Crippen molar-refractivity contribution in [2.24, 2.45) is 22.7 Å². The highest BCUT2D eigenvalue weighted by atomic mass is 19.3. The topological polar surface area (TPSA) is 9.23 Å². The van der Waals surface area contributed by atoms with Crippen molar-refractivity contribution in [2.75, 3.05) is 6.61 Å². The Morgan fingerprint density at radius 2 is 1.41 bits per heavy atom. The Morgan fingerprint density at radius 1 is 0.941 bits per heavy atom. The highest BCUT2D eigenvalue weighted by Gasteiger charge is 2.45. The molecule has 0 radical (unpaired) electrons. The molecule has 1 rings (SSSR count). The Balaban J connectivity index is 2.88. The van der Waals surface area contributed by atoms with Crippen molar-refractivity contribution in [2.45, 2.75) is 60.5 Å². The van der Waals surface area contributed by atoms with E-state index in [1.54, 1.807) is 0 Å². The van der Waals surface area contributed by atoms with E-state index >= 15 is 0 Å². The van der Waals surface area contributed by atoms with Gasteiger partial charge in [0, 0.05) is 0 Å². The van der Waals surface area contributed by atoms with Gasteiger partial charge in [0.2, 0.25) is 0 Å². The lowest BCUT2D eigenvalue weighted by atomic mass is 9.62. The van der Waals surface area contributed by atoms with E-state index < -0.39 is 12.5 Å². The predicted molar refractivity (Wildman–Crippen MR) is 66.3 cm³/mol. The standard InChI is InChI=1S/C14H26F2O/c1-13(2,3)9-7-11(12(15)16)17-8-10(9)14(4,5)6/h9-12H,7-8H2,1-6H3/t9?,10-,11?/m0/s1. The third kappa shape index (κ3) is 3.64. The fourth-order valence-electron chi connectivity index (χ4n) is 2.81. The third-order valence-electron chi connectivity index (χ3n) is 3.97. The molecule has 3 atom stereocenters. The van der Waals surface area contributed by atoms with Crippen molar-refractivity contribution in [3.63, 3.8) is 0 Å². The quantitative estimate of drug-likeness (QED) is 0.669. The second-order valence-corrected chi connectivity index (χ2v) is 7.39. The van der Waals surface area contributed by atoms with Crippen LogP contribution in [0.15, 0.2) is 0 Å². The largest absolute Gasteiger partial charge is 0.372 e. The van der Waals surface area contributed by atoms with E-state index in [1.807, 2.05) is 0 Å². The number of hydrogen-bond acceptors (Lipinski definition) is 1. The molecule has 17 heavy (non-hydrogen) atoms. The van der Waals surface area contributed by atoms with E-state index in [4.69, 9.17) is 4.74 Å². The van der Waals surface area contributed by atoms with Crippen LogP contribution in [-0.4, -0.2) is 19.1 Å². The fourth-order valence-corrected chi connectivity index (χ4v) is 2.81. The second-order valence-electron chi connectivity index (χ2n) is 7.39. The zero-order chi connectivity index (χ0) is 13.4. The molecule has 0 saturated carbocycles. The summed E-state index contributed by atoms with van der Waals surface area (Å²) in [4.78, 5) is 0. The van der Waals surface area contributed by atoms with Crippen molar-refractivity contribution in [1.29, 1.82) is 0 Å². The lowest BCUT2D eigenvalue weighted by molar-refractivity contribution is -0.151. The molecule has 1 aliphatic heterocycles. The maximum Gasteiger partial charge on any atom is 0.264 e. The van der Waals surface area contributed by atoms with E-state index in [2.05, 4.69) is 41.5 Å². The minimum atomic E-state index is -2.36. The van der Waals surface area contributed by atoms with Gasteiger partial charge in [-0.25, -0.2) is 8.78 Å². The molecule has 1 nitrogen and oxygen atoms in total. The summed E-state index contributed by atoms with van der Waals surface area (Å²) >= 11 is 0. The lowest BCUT2D eigenvalue weighted by Crippen LogP contribution is -2.47. The average Bonchev–Trinajstić information content (AvgIpc) is 2.14. The molecule has 0 aliphatic carbocycles. The highest BCUT2D eigenvalue weighted by Crippen LogP contribution is 2.47. The van der Waals surface area contributed by atoms with Gasteiger partial charge in [0.05, 0.1) is 6.61 Å². The molecule has 1 fully saturated rings. The minimum Gasteiger partial charge on any atom is -0.372 e. The summed E-state index contributed by atoms with van der Waals surface area (Å²) in [5.74, 6) is 0.632. The maximum absolute atomic E-state index is 12.8. The zero-order valence-electron chi connectivity index (χ0n) is 11.9. The van der Waals surface area contributed by atoms with E-state index in [-0.39, 0.29) is 16.7 Å². The number of rotatable bonds is 1. The summed E-state index contributed by atoms with van der Waals surface area (Å²) in [7, 11) is 0. The van der Waals surface area contributed by atoms with Crippen LogP contribution >= 0.6 is 0 Å². The van der Waals surface area contributed by atoms with Gasteiger partial charge in [-0.2, -0.15) is 0 Å². The van der Waals surface area contributed by atoms with Crippen LogP contribution in [0, 0.1) is 22.7 Å². The number of halogens is 2. The zero-order valence-corrected chi connectivity index (χ0v) is 11.9. The van der Waals surface area contributed by atoms with E-state index in [9.17, 15) is 8.78 Å². The van der Waals surface area contributed by atoms with Gasteiger partial charge in [0.25, 0.3) is 6.43 Å². The molecule has 0 aromatic heterocycles. The first-order valence-corrected chi connectivity index (χ1v) is 6.43. The molecule has 0 aromatic rings. The predicted octanol–water partition coefficient (Wildman–Crippen LogP) is 4.37. The molecule has 0 N–H and O–H groups in total. The van der Waals surface area contributed by atoms with Crippen molar-refractivity contribution in [3.8, 4) is 0 Å². The van der Waals surface area contributed by atoms with Crippen LogP contribution in [0.25, 0.3) is 0 Å². The van der Waals surface area contributed by atoms with Gasteiger partial charge in [-0.3, -0.25) is 0 Å². The van der Waals surface area contributed by atoms with Crippen molar-refractivity contribution in [3.05, 3.63) is 0 Å². The normalized spacial score (nSPS) is 31.9. The molecular formula is C14H26F2O. The first-order chi connectivity index (χ1) is 7.53. The second kappa shape index (κ2) is 4.83. The summed E-state index contributed by atoms with van der Waals surface area (Å²) < 4.78 is 30.9. The molecule has 3 heteroatoms. The smallest absolute Gasteiger partial charge is 0.264 e. The fraction of sp³-hybridized carbons (Fsp3) is 1.00. The summed E-state index contributed by atoms with van der Waals surface area (Å²) in [6, 6.07) is 0. The van der Waals surface area contributed by atoms with Gasteiger partial charge in [0.15, 0.2) is 0 Å². The molecule has 1 aliphatic rings. The van der Waals surface area contributed by atoms with E-state index in [1.165, 1.54) is 0 Å². The third-order valence-corrected chi connectivity index (χ3v) is 3.97. The molecule has 0 amide bonds. The van der Waals surface area contributed by atoms with Crippen molar-refractivity contribution in [1.82, 2.24) is 0 Å². The molecule has 1 heterocycles. The van der Waals surface area contributed by atoms with Crippen molar-refractivity contribution < 1.29 is 13.5 Å². The Kier molecular flexibility index (Phi) is 4.23. The van der Waals surface area contributed by atoms with Gasteiger partial charge in [-0.05, 0) is 29.1 Å². The Labute approximate surface area is 104 Å². The molecule has 2 unspecified atom stereocenters. The molecule has 0 bridgehead atoms. The molecule has 0 spiro atoms. The van der Waals surface area contributed by atoms with Crippen LogP contribution < -0.4 is 0 Å². The molecular weight excluding hydrogens is 222 g/mol. The van der Waals surface area contributed by atoms with E-state index in [0.717, 1.165) is 0 Å². The maximum atomic E-state index is 12.8. The summed E-state index contributed by atoms with van der Waals surface area (Å²) in [5, 5.41) is 0. The van der Waals surface area contributed by atoms with Gasteiger partial charge in [-0.1, -0.05) is 41.5 Å². The van der Waals surface area contributed by atoms with Gasteiger partial charge in [0.1, 0.15) is 6.10 Å². The summed E-state index contributed by atoms with van der Waals surface area (Å²) in [6.45, 7) is 13.4. The number of hydrogen-bond donors (Lipinski definition) is 0. The molecule has 102 valence electrons. The summed E-state index contributed by atoms with van der Waals surface area (Å²) in [6.07, 6.45) is -2.76. The van der Waals surface area contributed by atoms with Gasteiger partial charge in [-0.15, -0.1) is 0 Å². The van der Waals surface area contributed by atoms with Crippen LogP contribution in [0.5, 0.6) is 0 Å². The Bertz CT molecular complexity index is 250. The van der Waals surface area contributed by atoms with E-state index in [0.29, 0.717) is 18.9 Å². The van der Waals surface area contributed by atoms with Crippen LogP contribution in [0.2, 0.25) is 0 Å². The van der Waals surface area contributed by atoms with Crippen LogP contribution in [0.4, 0.5) is 8.78 Å². The van der Waals surface area contributed by atoms with Crippen LogP contribution in [-0.2, 0) is 4.74 Å². The first-order valence-electron chi connectivity index (χ1n) is 6.43. The molecule has 0 aromatic carbocycles. The van der Waals surface area contributed by atoms with Gasteiger partial charge >= 0.3 is 0 Å². The van der Waals surface area contributed by atoms with Crippen LogP contribution in [0.3, 0.4) is 0 Å². The van der Waals surface area contributed by atoms with Crippen molar-refractivity contribution >= 4 is 0 Å². The Hall–Kier alpha value is -0.180. The van der Waals surface area contributed by atoms with Crippen LogP contribution in [0.1, 0.15) is 48.0 Å². The molecule has 1 saturated heterocycles. The highest BCUT2D eigenvalue weighted by molar-refractivity contribution is 4.91. The number of alkyl halides is 2. The average molecular weight is 248 g/mol. The SMILES string of the molecule is CC(C)(C)C1CC(C(F)F)OC[C@@H]1C(C)(C)C. The number of ether oxygens (including phenoxy) is 1. The minimum absolute atomic E-state index is 0.0505. The summed E-state index contributed by atoms with van der Waals surface area (Å²) in [5.41, 5.74) is 0.153. The monoisotopic (exact) mass is 248 g/mol. The Morgan fingerprint density at radius 3 is 1.76 bits per heavy atom. The first kappa shape index (κ1) is 14.9. The van der Waals surface area contributed by atoms with Gasteiger partial charge < -0.3 is 4.74 Å².